The van der Waals surface area contributed by atoms with E-state index in [9.17, 15) is 0 Å². The molecule has 2 heteroatoms. The van der Waals surface area contributed by atoms with E-state index >= 15 is 0 Å². The number of allylic oxidation sites excluding steroid dienone is 1. The summed E-state index contributed by atoms with van der Waals surface area (Å²) < 4.78 is 0. The Labute approximate surface area is 132 Å². The normalized spacial score (nSPS) is 30.1. The minimum absolute atomic E-state index is 0.713. The number of hydrogen-bond acceptors (Lipinski definition) is 2. The molecule has 0 radical (unpaired) electrons. The Balaban J connectivity index is 1.99. The van der Waals surface area contributed by atoms with E-state index in [4.69, 9.17) is 0 Å². The fourth-order valence-electron chi connectivity index (χ4n) is 4.05. The summed E-state index contributed by atoms with van der Waals surface area (Å²) in [6.07, 6.45) is 11.0. The molecule has 21 heavy (non-hydrogen) atoms. The molecule has 0 aromatic rings. The summed E-state index contributed by atoms with van der Waals surface area (Å²) in [7, 11) is 0. The zero-order valence-corrected chi connectivity index (χ0v) is 14.7. The van der Waals surface area contributed by atoms with Crippen molar-refractivity contribution in [1.29, 1.82) is 0 Å². The van der Waals surface area contributed by atoms with Crippen LogP contribution in [0.2, 0.25) is 0 Å². The smallest absolute Gasteiger partial charge is 0.0250 e. The van der Waals surface area contributed by atoms with Crippen molar-refractivity contribution in [2.24, 2.45) is 11.8 Å². The van der Waals surface area contributed by atoms with Gasteiger partial charge in [0.05, 0.1) is 0 Å². The lowest BCUT2D eigenvalue weighted by molar-refractivity contribution is 0.0766. The molecule has 2 aliphatic rings. The second kappa shape index (κ2) is 8.33. The molecule has 0 spiro atoms. The maximum atomic E-state index is 3.91. The van der Waals surface area contributed by atoms with Gasteiger partial charge in [0.1, 0.15) is 0 Å². The molecular weight excluding hydrogens is 256 g/mol. The molecule has 2 fully saturated rings. The van der Waals surface area contributed by atoms with Crippen molar-refractivity contribution in [3.63, 3.8) is 0 Å². The minimum Gasteiger partial charge on any atom is -0.311 e. The molecule has 1 saturated heterocycles. The van der Waals surface area contributed by atoms with Gasteiger partial charge in [-0.05, 0) is 38.5 Å². The molecule has 0 amide bonds. The van der Waals surface area contributed by atoms with Gasteiger partial charge in [-0.2, -0.15) is 0 Å². The van der Waals surface area contributed by atoms with E-state index in [1.807, 2.05) is 0 Å². The molecular formula is C19H36N2. The summed E-state index contributed by atoms with van der Waals surface area (Å²) >= 11 is 0. The fraction of sp³-hybridized carbons (Fsp3) is 0.895. The first-order valence-electron chi connectivity index (χ1n) is 9.22. The first-order valence-corrected chi connectivity index (χ1v) is 9.22. The first-order chi connectivity index (χ1) is 10.1. The Hall–Kier alpha value is -0.340. The Morgan fingerprint density at radius 2 is 1.95 bits per heavy atom. The summed E-state index contributed by atoms with van der Waals surface area (Å²) in [4.78, 5) is 2.76. The summed E-state index contributed by atoms with van der Waals surface area (Å²) in [6, 6.07) is 1.45. The van der Waals surface area contributed by atoms with Crippen molar-refractivity contribution >= 4 is 0 Å². The average Bonchev–Trinajstić information content (AvgIpc) is 2.52. The second-order valence-corrected chi connectivity index (χ2v) is 7.60. The topological polar surface area (TPSA) is 15.3 Å². The van der Waals surface area contributed by atoms with Gasteiger partial charge in [0.15, 0.2) is 0 Å². The number of nitrogens with zero attached hydrogens (tertiary/aromatic N) is 1. The lowest BCUT2D eigenvalue weighted by Crippen LogP contribution is -2.60. The van der Waals surface area contributed by atoms with Crippen molar-refractivity contribution in [3.8, 4) is 0 Å². The van der Waals surface area contributed by atoms with Crippen LogP contribution < -0.4 is 5.32 Å². The van der Waals surface area contributed by atoms with E-state index in [0.29, 0.717) is 6.04 Å². The van der Waals surface area contributed by atoms with Crippen LogP contribution in [-0.2, 0) is 0 Å². The average molecular weight is 293 g/mol. The van der Waals surface area contributed by atoms with Gasteiger partial charge in [-0.1, -0.05) is 51.2 Å². The molecule has 2 rings (SSSR count). The van der Waals surface area contributed by atoms with Crippen molar-refractivity contribution in [2.45, 2.75) is 78.3 Å². The maximum Gasteiger partial charge on any atom is 0.0250 e. The van der Waals surface area contributed by atoms with Gasteiger partial charge < -0.3 is 5.32 Å². The lowest BCUT2D eigenvalue weighted by Gasteiger charge is -2.45. The Morgan fingerprint density at radius 1 is 1.24 bits per heavy atom. The van der Waals surface area contributed by atoms with Crippen LogP contribution in [0.4, 0.5) is 0 Å². The van der Waals surface area contributed by atoms with Gasteiger partial charge in [0.2, 0.25) is 0 Å². The second-order valence-electron chi connectivity index (χ2n) is 7.60. The predicted molar refractivity (Wildman–Crippen MR) is 92.6 cm³/mol. The Kier molecular flexibility index (Phi) is 6.75. The van der Waals surface area contributed by atoms with E-state index < -0.39 is 0 Å². The van der Waals surface area contributed by atoms with Crippen LogP contribution >= 0.6 is 0 Å². The molecule has 2 nitrogen and oxygen atoms in total. The molecule has 0 bridgehead atoms. The van der Waals surface area contributed by atoms with Gasteiger partial charge >= 0.3 is 0 Å². The number of rotatable bonds is 5. The summed E-state index contributed by atoms with van der Waals surface area (Å²) in [6.45, 7) is 12.8. The van der Waals surface area contributed by atoms with Crippen molar-refractivity contribution in [2.75, 3.05) is 19.6 Å². The molecule has 3 unspecified atom stereocenters. The quantitative estimate of drug-likeness (QED) is 0.763. The highest BCUT2D eigenvalue weighted by Gasteiger charge is 2.34. The van der Waals surface area contributed by atoms with Crippen molar-refractivity contribution < 1.29 is 0 Å². The van der Waals surface area contributed by atoms with Crippen LogP contribution in [0.5, 0.6) is 0 Å². The minimum atomic E-state index is 0.713. The maximum absolute atomic E-state index is 3.91. The van der Waals surface area contributed by atoms with Gasteiger partial charge in [0.25, 0.3) is 0 Å². The number of piperazine rings is 1. The van der Waals surface area contributed by atoms with E-state index in [0.717, 1.165) is 24.4 Å². The van der Waals surface area contributed by atoms with E-state index in [2.05, 4.69) is 44.0 Å². The van der Waals surface area contributed by atoms with Crippen LogP contribution in [0.15, 0.2) is 11.6 Å². The molecule has 1 heterocycles. The van der Waals surface area contributed by atoms with Crippen LogP contribution in [0.3, 0.4) is 0 Å². The first kappa shape index (κ1) is 17.0. The van der Waals surface area contributed by atoms with Crippen LogP contribution in [-0.4, -0.2) is 36.6 Å². The monoisotopic (exact) mass is 292 g/mol. The number of hydrogen-bond donors (Lipinski definition) is 1. The Morgan fingerprint density at radius 3 is 2.57 bits per heavy atom. The lowest BCUT2D eigenvalue weighted by atomic mass is 9.82. The van der Waals surface area contributed by atoms with Crippen LogP contribution in [0.1, 0.15) is 66.2 Å². The van der Waals surface area contributed by atoms with E-state index in [1.54, 1.807) is 0 Å². The number of nitrogens with one attached hydrogen (secondary N) is 1. The van der Waals surface area contributed by atoms with Crippen molar-refractivity contribution in [3.05, 3.63) is 11.6 Å². The standard InChI is InChI=1S/C19H36N2/c1-5-16(4)19-13-20-18(17-9-7-6-8-10-17)14-21(19)12-11-15(2)3/h11,16-20H,5-10,12-14H2,1-4H3. The predicted octanol–water partition coefficient (Wildman–Crippen LogP) is 4.22. The van der Waals surface area contributed by atoms with E-state index in [-0.39, 0.29) is 0 Å². The van der Waals surface area contributed by atoms with Gasteiger partial charge in [-0.3, -0.25) is 4.90 Å². The summed E-state index contributed by atoms with van der Waals surface area (Å²) in [5, 5.41) is 3.91. The summed E-state index contributed by atoms with van der Waals surface area (Å²) in [5.41, 5.74) is 1.45. The molecule has 1 saturated carbocycles. The molecule has 0 aromatic carbocycles. The van der Waals surface area contributed by atoms with Gasteiger partial charge in [0, 0.05) is 31.7 Å². The molecule has 1 N–H and O–H groups in total. The highest BCUT2D eigenvalue weighted by molar-refractivity contribution is 4.99. The molecule has 1 aliphatic heterocycles. The van der Waals surface area contributed by atoms with Crippen molar-refractivity contribution in [1.82, 2.24) is 10.2 Å². The summed E-state index contributed by atoms with van der Waals surface area (Å²) in [5.74, 6) is 1.71. The zero-order valence-electron chi connectivity index (χ0n) is 14.7. The molecule has 0 aromatic heterocycles. The van der Waals surface area contributed by atoms with E-state index in [1.165, 1.54) is 57.2 Å². The third-order valence-corrected chi connectivity index (χ3v) is 5.74. The third kappa shape index (κ3) is 4.82. The SMILES string of the molecule is CCC(C)C1CNC(C2CCCCC2)CN1CC=C(C)C. The third-order valence-electron chi connectivity index (χ3n) is 5.74. The largest absolute Gasteiger partial charge is 0.311 e. The highest BCUT2D eigenvalue weighted by atomic mass is 15.2. The molecule has 122 valence electrons. The molecule has 3 atom stereocenters. The van der Waals surface area contributed by atoms with Gasteiger partial charge in [-0.15, -0.1) is 0 Å². The Bertz CT molecular complexity index is 326. The zero-order chi connectivity index (χ0) is 15.2. The fourth-order valence-corrected chi connectivity index (χ4v) is 4.05. The highest BCUT2D eigenvalue weighted by Crippen LogP contribution is 2.29. The van der Waals surface area contributed by atoms with Gasteiger partial charge in [-0.25, -0.2) is 0 Å². The van der Waals surface area contributed by atoms with Crippen LogP contribution in [0.25, 0.3) is 0 Å². The van der Waals surface area contributed by atoms with Crippen LogP contribution in [0, 0.1) is 11.8 Å². The molecule has 1 aliphatic carbocycles.